The van der Waals surface area contributed by atoms with Crippen LogP contribution in [-0.2, 0) is 7.05 Å². The van der Waals surface area contributed by atoms with E-state index in [9.17, 15) is 4.79 Å². The summed E-state index contributed by atoms with van der Waals surface area (Å²) >= 11 is 6.06. The van der Waals surface area contributed by atoms with Crippen molar-refractivity contribution in [1.82, 2.24) is 9.88 Å². The SMILES string of the molecule is CC(=N)c1cc(C(C)NC(=O)c2cc3ccc(Cl)cc3n2C)ccc1N. The molecular weight excluding hydrogens is 348 g/mol. The molecule has 0 radical (unpaired) electrons. The van der Waals surface area contributed by atoms with Gasteiger partial charge in [-0.25, -0.2) is 0 Å². The van der Waals surface area contributed by atoms with E-state index in [1.54, 1.807) is 13.0 Å². The number of hydrogen-bond donors (Lipinski definition) is 3. The van der Waals surface area contributed by atoms with Gasteiger partial charge >= 0.3 is 0 Å². The van der Waals surface area contributed by atoms with E-state index in [-0.39, 0.29) is 11.9 Å². The van der Waals surface area contributed by atoms with Crippen LogP contribution in [0.25, 0.3) is 10.9 Å². The van der Waals surface area contributed by atoms with Crippen molar-refractivity contribution in [2.75, 3.05) is 5.73 Å². The van der Waals surface area contributed by atoms with E-state index >= 15 is 0 Å². The third-order valence-corrected chi connectivity index (χ3v) is 4.80. The van der Waals surface area contributed by atoms with E-state index in [4.69, 9.17) is 22.7 Å². The second kappa shape index (κ2) is 6.84. The first kappa shape index (κ1) is 18.0. The highest BCUT2D eigenvalue weighted by atomic mass is 35.5. The number of amides is 1. The van der Waals surface area contributed by atoms with Crippen LogP contribution in [0.5, 0.6) is 0 Å². The van der Waals surface area contributed by atoms with E-state index in [2.05, 4.69) is 5.32 Å². The van der Waals surface area contributed by atoms with Crippen molar-refractivity contribution in [1.29, 1.82) is 5.41 Å². The Morgan fingerprint density at radius 1 is 1.23 bits per heavy atom. The Hall–Kier alpha value is -2.79. The highest BCUT2D eigenvalue weighted by molar-refractivity contribution is 6.31. The lowest BCUT2D eigenvalue weighted by molar-refractivity contribution is 0.0932. The zero-order valence-corrected chi connectivity index (χ0v) is 15.7. The number of aryl methyl sites for hydroxylation is 1. The van der Waals surface area contributed by atoms with Crippen LogP contribution in [-0.4, -0.2) is 16.2 Å². The molecule has 26 heavy (non-hydrogen) atoms. The third-order valence-electron chi connectivity index (χ3n) is 4.57. The molecule has 0 spiro atoms. The molecule has 2 aromatic carbocycles. The molecule has 3 aromatic rings. The third kappa shape index (κ3) is 3.30. The molecule has 134 valence electrons. The molecule has 4 N–H and O–H groups in total. The van der Waals surface area contributed by atoms with Gasteiger partial charge in [0, 0.05) is 39.9 Å². The molecule has 0 saturated carbocycles. The Labute approximate surface area is 157 Å². The number of carbonyl (C=O) groups excluding carboxylic acids is 1. The molecule has 0 aliphatic heterocycles. The quantitative estimate of drug-likeness (QED) is 0.474. The standard InChI is InChI=1S/C20H21ClN4O/c1-11(22)16-8-13(5-7-17(16)23)12(2)24-20(26)19-9-14-4-6-15(21)10-18(14)25(19)3/h4-10,12,22H,23H2,1-3H3,(H,24,26). The van der Waals surface area contributed by atoms with Gasteiger partial charge in [-0.2, -0.15) is 0 Å². The first-order chi connectivity index (χ1) is 12.3. The van der Waals surface area contributed by atoms with Crippen LogP contribution < -0.4 is 11.1 Å². The van der Waals surface area contributed by atoms with Crippen LogP contribution >= 0.6 is 11.6 Å². The second-order valence-corrected chi connectivity index (χ2v) is 6.90. The van der Waals surface area contributed by atoms with Crippen molar-refractivity contribution < 1.29 is 4.79 Å². The molecule has 1 unspecified atom stereocenters. The van der Waals surface area contributed by atoms with Gasteiger partial charge in [0.1, 0.15) is 5.69 Å². The topological polar surface area (TPSA) is 83.9 Å². The van der Waals surface area contributed by atoms with Gasteiger partial charge in [-0.05, 0) is 49.7 Å². The summed E-state index contributed by atoms with van der Waals surface area (Å²) in [7, 11) is 1.85. The van der Waals surface area contributed by atoms with Gasteiger partial charge in [-0.3, -0.25) is 4.79 Å². The number of rotatable bonds is 4. The maximum Gasteiger partial charge on any atom is 0.268 e. The smallest absolute Gasteiger partial charge is 0.268 e. The van der Waals surface area contributed by atoms with Crippen LogP contribution in [0.15, 0.2) is 42.5 Å². The predicted molar refractivity (Wildman–Crippen MR) is 107 cm³/mol. The van der Waals surface area contributed by atoms with Gasteiger partial charge in [0.15, 0.2) is 0 Å². The van der Waals surface area contributed by atoms with Crippen molar-refractivity contribution in [2.45, 2.75) is 19.9 Å². The van der Waals surface area contributed by atoms with Crippen LogP contribution in [0, 0.1) is 5.41 Å². The molecular formula is C20H21ClN4O. The summed E-state index contributed by atoms with van der Waals surface area (Å²) in [6.07, 6.45) is 0. The Balaban J connectivity index is 1.87. The van der Waals surface area contributed by atoms with E-state index < -0.39 is 0 Å². The lowest BCUT2D eigenvalue weighted by Gasteiger charge is -2.16. The minimum Gasteiger partial charge on any atom is -0.398 e. The maximum absolute atomic E-state index is 12.8. The lowest BCUT2D eigenvalue weighted by atomic mass is 10.0. The lowest BCUT2D eigenvalue weighted by Crippen LogP contribution is -2.28. The second-order valence-electron chi connectivity index (χ2n) is 6.46. The van der Waals surface area contributed by atoms with Crippen LogP contribution in [0.3, 0.4) is 0 Å². The van der Waals surface area contributed by atoms with E-state index in [1.165, 1.54) is 0 Å². The van der Waals surface area contributed by atoms with Crippen molar-refractivity contribution in [3.8, 4) is 0 Å². The molecule has 6 heteroatoms. The fourth-order valence-corrected chi connectivity index (χ4v) is 3.21. The fourth-order valence-electron chi connectivity index (χ4n) is 3.04. The summed E-state index contributed by atoms with van der Waals surface area (Å²) in [5, 5.41) is 12.4. The number of hydrogen-bond acceptors (Lipinski definition) is 3. The minimum atomic E-state index is -0.220. The van der Waals surface area contributed by atoms with Crippen molar-refractivity contribution >= 4 is 39.8 Å². The molecule has 0 fully saturated rings. The molecule has 0 aliphatic carbocycles. The average Bonchev–Trinajstić information content (AvgIpc) is 2.91. The predicted octanol–water partition coefficient (Wildman–Crippen LogP) is 4.29. The molecule has 0 saturated heterocycles. The Kier molecular flexibility index (Phi) is 4.74. The first-order valence-electron chi connectivity index (χ1n) is 8.28. The highest BCUT2D eigenvalue weighted by Crippen LogP contribution is 2.24. The summed E-state index contributed by atoms with van der Waals surface area (Å²) < 4.78 is 1.83. The van der Waals surface area contributed by atoms with Crippen molar-refractivity contribution in [3.63, 3.8) is 0 Å². The molecule has 0 aliphatic rings. The summed E-state index contributed by atoms with van der Waals surface area (Å²) in [4.78, 5) is 12.8. The molecule has 1 amide bonds. The minimum absolute atomic E-state index is 0.169. The zero-order valence-electron chi connectivity index (χ0n) is 14.9. The number of fused-ring (bicyclic) bond motifs is 1. The molecule has 0 bridgehead atoms. The molecule has 1 atom stereocenters. The maximum atomic E-state index is 12.8. The van der Waals surface area contributed by atoms with Gasteiger partial charge in [0.05, 0.1) is 6.04 Å². The van der Waals surface area contributed by atoms with Gasteiger partial charge in [0.25, 0.3) is 5.91 Å². The first-order valence-corrected chi connectivity index (χ1v) is 8.66. The van der Waals surface area contributed by atoms with Gasteiger partial charge in [0.2, 0.25) is 0 Å². The highest BCUT2D eigenvalue weighted by Gasteiger charge is 2.17. The van der Waals surface area contributed by atoms with E-state index in [0.29, 0.717) is 27.7 Å². The van der Waals surface area contributed by atoms with Gasteiger partial charge < -0.3 is 21.0 Å². The summed E-state index contributed by atoms with van der Waals surface area (Å²) in [6.45, 7) is 3.60. The number of anilines is 1. The normalized spacial score (nSPS) is 12.2. The Bertz CT molecular complexity index is 1020. The van der Waals surface area contributed by atoms with E-state index in [1.807, 2.05) is 54.9 Å². The average molecular weight is 369 g/mol. The number of carbonyl (C=O) groups is 1. The molecule has 3 rings (SSSR count). The number of nitrogens with two attached hydrogens (primary N) is 1. The van der Waals surface area contributed by atoms with Crippen molar-refractivity contribution in [3.05, 3.63) is 64.3 Å². The number of nitrogen functional groups attached to an aromatic ring is 1. The van der Waals surface area contributed by atoms with Crippen LogP contribution in [0.2, 0.25) is 5.02 Å². The number of nitrogens with one attached hydrogen (secondary N) is 2. The zero-order chi connectivity index (χ0) is 19.0. The van der Waals surface area contributed by atoms with Gasteiger partial charge in [-0.15, -0.1) is 0 Å². The van der Waals surface area contributed by atoms with E-state index in [0.717, 1.165) is 16.5 Å². The van der Waals surface area contributed by atoms with Crippen LogP contribution in [0.1, 0.15) is 41.5 Å². The monoisotopic (exact) mass is 368 g/mol. The fraction of sp³-hybridized carbons (Fsp3) is 0.200. The molecule has 1 heterocycles. The number of aromatic nitrogens is 1. The molecule has 1 aromatic heterocycles. The number of benzene rings is 2. The summed E-state index contributed by atoms with van der Waals surface area (Å²) in [5.41, 5.74) is 9.93. The largest absolute Gasteiger partial charge is 0.398 e. The Morgan fingerprint density at radius 3 is 2.65 bits per heavy atom. The summed E-state index contributed by atoms with van der Waals surface area (Å²) in [5.74, 6) is -0.169. The van der Waals surface area contributed by atoms with Crippen LogP contribution in [0.4, 0.5) is 5.69 Å². The Morgan fingerprint density at radius 2 is 1.96 bits per heavy atom. The number of halogens is 1. The summed E-state index contributed by atoms with van der Waals surface area (Å²) in [6, 6.07) is 12.7. The molecule has 5 nitrogen and oxygen atoms in total. The van der Waals surface area contributed by atoms with Gasteiger partial charge in [-0.1, -0.05) is 23.7 Å². The number of nitrogens with zero attached hydrogens (tertiary/aromatic N) is 1. The van der Waals surface area contributed by atoms with Crippen molar-refractivity contribution in [2.24, 2.45) is 7.05 Å².